The van der Waals surface area contributed by atoms with Crippen LogP contribution in [-0.2, 0) is 4.79 Å². The van der Waals surface area contributed by atoms with Gasteiger partial charge in [-0.3, -0.25) is 9.59 Å². The fraction of sp³-hybridized carbons (Fsp3) is 0.158. The minimum Gasteiger partial charge on any atom is -0.493 e. The molecule has 0 fully saturated rings. The first-order valence-electron chi connectivity index (χ1n) is 7.89. The van der Waals surface area contributed by atoms with Crippen LogP contribution < -0.4 is 19.5 Å². The molecule has 140 valence electrons. The van der Waals surface area contributed by atoms with E-state index in [0.29, 0.717) is 17.0 Å². The Kier molecular flexibility index (Phi) is 5.35. The van der Waals surface area contributed by atoms with Gasteiger partial charge in [-0.05, 0) is 36.4 Å². The molecule has 0 bridgehead atoms. The van der Waals surface area contributed by atoms with Gasteiger partial charge in [-0.1, -0.05) is 12.1 Å². The lowest BCUT2D eigenvalue weighted by molar-refractivity contribution is -0.118. The zero-order valence-corrected chi connectivity index (χ0v) is 14.2. The number of methoxy groups -OCH3 is 1. The molecule has 0 atom stereocenters. The molecular formula is C19H15F2NO5. The molecule has 2 aromatic rings. The summed E-state index contributed by atoms with van der Waals surface area (Å²) in [7, 11) is 1.33. The van der Waals surface area contributed by atoms with Gasteiger partial charge in [0, 0.05) is 11.1 Å². The monoisotopic (exact) mass is 375 g/mol. The van der Waals surface area contributed by atoms with E-state index in [1.165, 1.54) is 37.5 Å². The van der Waals surface area contributed by atoms with Crippen LogP contribution >= 0.6 is 0 Å². The lowest BCUT2D eigenvalue weighted by Gasteiger charge is -2.18. The van der Waals surface area contributed by atoms with Crippen molar-refractivity contribution in [2.45, 2.75) is 6.61 Å². The molecule has 6 nitrogen and oxygen atoms in total. The largest absolute Gasteiger partial charge is 0.493 e. The molecule has 0 aromatic heterocycles. The highest BCUT2D eigenvalue weighted by atomic mass is 19.3. The van der Waals surface area contributed by atoms with Gasteiger partial charge in [0.05, 0.1) is 12.8 Å². The number of ether oxygens (including phenoxy) is 3. The van der Waals surface area contributed by atoms with E-state index in [9.17, 15) is 18.4 Å². The molecule has 27 heavy (non-hydrogen) atoms. The minimum atomic E-state index is -3.03. The van der Waals surface area contributed by atoms with Gasteiger partial charge in [-0.25, -0.2) is 0 Å². The van der Waals surface area contributed by atoms with E-state index in [-0.39, 0.29) is 35.4 Å². The molecule has 0 saturated carbocycles. The van der Waals surface area contributed by atoms with Crippen molar-refractivity contribution in [3.63, 3.8) is 0 Å². The topological polar surface area (TPSA) is 73.9 Å². The van der Waals surface area contributed by atoms with Crippen molar-refractivity contribution in [1.29, 1.82) is 0 Å². The summed E-state index contributed by atoms with van der Waals surface area (Å²) in [6.07, 6.45) is 2.58. The maximum absolute atomic E-state index is 12.7. The van der Waals surface area contributed by atoms with Crippen LogP contribution in [0.4, 0.5) is 14.5 Å². The van der Waals surface area contributed by atoms with Crippen molar-refractivity contribution in [1.82, 2.24) is 0 Å². The van der Waals surface area contributed by atoms with Crippen LogP contribution in [0.15, 0.2) is 42.5 Å². The summed E-state index contributed by atoms with van der Waals surface area (Å²) in [6.45, 7) is -3.11. The molecule has 1 aliphatic rings. The summed E-state index contributed by atoms with van der Waals surface area (Å²) in [5.74, 6) is -0.268. The zero-order chi connectivity index (χ0) is 19.4. The Balaban J connectivity index is 1.85. The van der Waals surface area contributed by atoms with E-state index in [1.54, 1.807) is 18.2 Å². The zero-order valence-electron chi connectivity index (χ0n) is 14.2. The molecule has 0 unspecified atom stereocenters. The molecule has 0 saturated heterocycles. The Morgan fingerprint density at radius 3 is 2.85 bits per heavy atom. The van der Waals surface area contributed by atoms with Crippen LogP contribution in [-0.4, -0.2) is 32.0 Å². The average molecular weight is 375 g/mol. The van der Waals surface area contributed by atoms with E-state index >= 15 is 0 Å². The quantitative estimate of drug-likeness (QED) is 0.618. The third-order valence-electron chi connectivity index (χ3n) is 3.75. The number of carbonyl (C=O) groups excluding carboxylic acids is 2. The third-order valence-corrected chi connectivity index (χ3v) is 3.75. The molecule has 1 amide bonds. The molecule has 2 aromatic carbocycles. The van der Waals surface area contributed by atoms with Crippen LogP contribution in [0.1, 0.15) is 15.9 Å². The van der Waals surface area contributed by atoms with Crippen LogP contribution in [0, 0.1) is 0 Å². The van der Waals surface area contributed by atoms with Gasteiger partial charge in [-0.15, -0.1) is 0 Å². The van der Waals surface area contributed by atoms with Gasteiger partial charge in [0.1, 0.15) is 5.75 Å². The van der Waals surface area contributed by atoms with Crippen molar-refractivity contribution in [3.8, 4) is 17.2 Å². The summed E-state index contributed by atoms with van der Waals surface area (Å²) in [6, 6.07) is 9.19. The van der Waals surface area contributed by atoms with Gasteiger partial charge in [-0.2, -0.15) is 8.78 Å². The molecule has 3 rings (SSSR count). The van der Waals surface area contributed by atoms with Crippen molar-refractivity contribution < 1.29 is 32.6 Å². The number of amides is 1. The van der Waals surface area contributed by atoms with Crippen LogP contribution in [0.25, 0.3) is 6.08 Å². The summed E-state index contributed by atoms with van der Waals surface area (Å²) >= 11 is 0. The highest BCUT2D eigenvalue weighted by Gasteiger charge is 2.18. The van der Waals surface area contributed by atoms with Crippen LogP contribution in [0.2, 0.25) is 0 Å². The number of fused-ring (bicyclic) bond motifs is 1. The van der Waals surface area contributed by atoms with Gasteiger partial charge in [0.25, 0.3) is 5.91 Å². The molecule has 1 N–H and O–H groups in total. The maximum Gasteiger partial charge on any atom is 0.387 e. The summed E-state index contributed by atoms with van der Waals surface area (Å²) < 4.78 is 40.1. The number of halogens is 2. The number of rotatable bonds is 6. The number of hydrogen-bond donors (Lipinski definition) is 1. The standard InChI is InChI=1S/C19H15F2NO5/c1-25-16-4-2-3-11(18(16)27-19(20)21)5-7-14(23)12-6-8-15-13(9-12)22-17(24)10-26-15/h2-9,19H,10H2,1H3,(H,22,24). The summed E-state index contributed by atoms with van der Waals surface area (Å²) in [4.78, 5) is 23.8. The smallest absolute Gasteiger partial charge is 0.387 e. The number of para-hydroxylation sites is 1. The first-order valence-corrected chi connectivity index (χ1v) is 7.89. The molecule has 0 aliphatic carbocycles. The molecule has 0 spiro atoms. The molecule has 1 heterocycles. The fourth-order valence-electron chi connectivity index (χ4n) is 2.54. The normalized spacial score (nSPS) is 13.1. The van der Waals surface area contributed by atoms with E-state index in [1.807, 2.05) is 0 Å². The van der Waals surface area contributed by atoms with E-state index < -0.39 is 6.61 Å². The minimum absolute atomic E-state index is 0.0804. The van der Waals surface area contributed by atoms with Crippen molar-refractivity contribution in [2.75, 3.05) is 19.0 Å². The lowest BCUT2D eigenvalue weighted by atomic mass is 10.1. The van der Waals surface area contributed by atoms with Crippen LogP contribution in [0.5, 0.6) is 17.2 Å². The van der Waals surface area contributed by atoms with Crippen LogP contribution in [0.3, 0.4) is 0 Å². The highest BCUT2D eigenvalue weighted by Crippen LogP contribution is 2.33. The summed E-state index contributed by atoms with van der Waals surface area (Å²) in [5.41, 5.74) is 0.959. The van der Waals surface area contributed by atoms with Gasteiger partial charge in [0.2, 0.25) is 0 Å². The Bertz CT molecular complexity index is 911. The Morgan fingerprint density at radius 2 is 2.11 bits per heavy atom. The van der Waals surface area contributed by atoms with Crippen molar-refractivity contribution >= 4 is 23.5 Å². The molecule has 0 radical (unpaired) electrons. The fourth-order valence-corrected chi connectivity index (χ4v) is 2.54. The highest BCUT2D eigenvalue weighted by molar-refractivity contribution is 6.08. The maximum atomic E-state index is 12.7. The van der Waals surface area contributed by atoms with Gasteiger partial charge >= 0.3 is 6.61 Å². The van der Waals surface area contributed by atoms with Crippen molar-refractivity contribution in [2.24, 2.45) is 0 Å². The van der Waals surface area contributed by atoms with E-state index in [2.05, 4.69) is 10.1 Å². The van der Waals surface area contributed by atoms with E-state index in [0.717, 1.165) is 0 Å². The SMILES string of the molecule is COc1cccc(C=CC(=O)c2ccc3c(c2)NC(=O)CO3)c1OC(F)F. The number of hydrogen-bond acceptors (Lipinski definition) is 5. The van der Waals surface area contributed by atoms with Gasteiger partial charge in [0.15, 0.2) is 23.9 Å². The number of benzene rings is 2. The van der Waals surface area contributed by atoms with Gasteiger partial charge < -0.3 is 19.5 Å². The Hall–Kier alpha value is -3.42. The lowest BCUT2D eigenvalue weighted by Crippen LogP contribution is -2.25. The Morgan fingerprint density at radius 1 is 1.30 bits per heavy atom. The summed E-state index contributed by atoms with van der Waals surface area (Å²) in [5, 5.41) is 2.61. The number of nitrogens with one attached hydrogen (secondary N) is 1. The first kappa shape index (κ1) is 18.4. The number of allylic oxidation sites excluding steroid dienone is 1. The Labute approximate surface area is 153 Å². The number of ketones is 1. The van der Waals surface area contributed by atoms with E-state index in [4.69, 9.17) is 9.47 Å². The molecule has 1 aliphatic heterocycles. The number of alkyl halides is 2. The third kappa shape index (κ3) is 4.22. The predicted octanol–water partition coefficient (Wildman–Crippen LogP) is 3.52. The average Bonchev–Trinajstić information content (AvgIpc) is 2.65. The first-order chi connectivity index (χ1) is 13.0. The van der Waals surface area contributed by atoms with Crippen molar-refractivity contribution in [3.05, 3.63) is 53.6 Å². The second kappa shape index (κ2) is 7.86. The molecular weight excluding hydrogens is 360 g/mol. The number of carbonyl (C=O) groups is 2. The second-order valence-corrected chi connectivity index (χ2v) is 5.50. The molecule has 8 heteroatoms. The predicted molar refractivity (Wildman–Crippen MR) is 93.6 cm³/mol. The second-order valence-electron chi connectivity index (χ2n) is 5.50. The number of anilines is 1.